The van der Waals surface area contributed by atoms with E-state index in [1.54, 1.807) is 6.07 Å². The van der Waals surface area contributed by atoms with Gasteiger partial charge < -0.3 is 15.4 Å². The second kappa shape index (κ2) is 10.5. The molecule has 0 bridgehead atoms. The van der Waals surface area contributed by atoms with Gasteiger partial charge in [-0.15, -0.1) is 0 Å². The first kappa shape index (κ1) is 22.8. The van der Waals surface area contributed by atoms with Crippen LogP contribution in [0.4, 0.5) is 5.69 Å². The first-order valence-corrected chi connectivity index (χ1v) is 12.3. The molecule has 1 fully saturated rings. The maximum Gasteiger partial charge on any atom is 0.260 e. The fourth-order valence-electron chi connectivity index (χ4n) is 3.24. The number of amides is 1. The molecule has 3 aromatic carbocycles. The van der Waals surface area contributed by atoms with Gasteiger partial charge in [-0.1, -0.05) is 72.8 Å². The topological polar surface area (TPSA) is 50.4 Å². The van der Waals surface area contributed by atoms with Crippen molar-refractivity contribution in [2.75, 3.05) is 5.32 Å². The van der Waals surface area contributed by atoms with Gasteiger partial charge in [0, 0.05) is 5.69 Å². The average molecular weight is 530 g/mol. The molecule has 164 valence electrons. The Morgan fingerprint density at radius 1 is 1.12 bits per heavy atom. The van der Waals surface area contributed by atoms with E-state index in [0.717, 1.165) is 27.7 Å². The lowest BCUT2D eigenvalue weighted by atomic mass is 10.1. The standard InChI is InChI=1S/C25H22BrClN2O2S/c1-2-16-8-10-19(11-9-16)28-25-29-24(30)22(32-25)14-18-12-20(26)23(21(27)13-18)31-15-17-6-4-3-5-7-17/h3-14,25,28H,2,15H2,1H3,(H,29,30)/b22-14-/t25-/m0/s1. The van der Waals surface area contributed by atoms with E-state index in [-0.39, 0.29) is 11.4 Å². The van der Waals surface area contributed by atoms with E-state index in [1.807, 2.05) is 54.6 Å². The summed E-state index contributed by atoms with van der Waals surface area (Å²) in [5.41, 5.74) is 3.89. The molecule has 4 nitrogen and oxygen atoms in total. The Bertz CT molecular complexity index is 1110. The minimum atomic E-state index is -0.228. The summed E-state index contributed by atoms with van der Waals surface area (Å²) in [5.74, 6) is 0.464. The Balaban J connectivity index is 1.44. The summed E-state index contributed by atoms with van der Waals surface area (Å²) >= 11 is 11.5. The number of carbonyl (C=O) groups is 1. The minimum absolute atomic E-state index is 0.116. The quantitative estimate of drug-likeness (QED) is 0.329. The van der Waals surface area contributed by atoms with E-state index in [1.165, 1.54) is 17.3 Å². The predicted molar refractivity (Wildman–Crippen MR) is 137 cm³/mol. The van der Waals surface area contributed by atoms with E-state index in [2.05, 4.69) is 45.6 Å². The Kier molecular flexibility index (Phi) is 7.45. The van der Waals surface area contributed by atoms with Crippen molar-refractivity contribution in [1.82, 2.24) is 5.32 Å². The van der Waals surface area contributed by atoms with Crippen LogP contribution >= 0.6 is 39.3 Å². The number of hydrogen-bond acceptors (Lipinski definition) is 4. The van der Waals surface area contributed by atoms with Crippen LogP contribution in [0.1, 0.15) is 23.6 Å². The van der Waals surface area contributed by atoms with Crippen molar-refractivity contribution in [3.8, 4) is 5.75 Å². The molecule has 0 radical (unpaired) electrons. The second-order valence-electron chi connectivity index (χ2n) is 7.26. The Morgan fingerprint density at radius 3 is 2.56 bits per heavy atom. The average Bonchev–Trinajstić information content (AvgIpc) is 3.12. The summed E-state index contributed by atoms with van der Waals surface area (Å²) in [5, 5.41) is 6.78. The van der Waals surface area contributed by atoms with Crippen LogP contribution in [-0.2, 0) is 17.8 Å². The molecule has 7 heteroatoms. The van der Waals surface area contributed by atoms with Gasteiger partial charge in [-0.05, 0) is 69.4 Å². The number of halogens is 2. The van der Waals surface area contributed by atoms with Crippen molar-refractivity contribution in [1.29, 1.82) is 0 Å². The monoisotopic (exact) mass is 528 g/mol. The molecular weight excluding hydrogens is 508 g/mol. The minimum Gasteiger partial charge on any atom is -0.486 e. The van der Waals surface area contributed by atoms with Crippen molar-refractivity contribution in [3.05, 3.63) is 97.8 Å². The maximum absolute atomic E-state index is 12.5. The number of ether oxygens (including phenoxy) is 1. The molecule has 1 aliphatic heterocycles. The molecular formula is C25H22BrClN2O2S. The summed E-state index contributed by atoms with van der Waals surface area (Å²) < 4.78 is 6.64. The van der Waals surface area contributed by atoms with Gasteiger partial charge in [0.25, 0.3) is 5.91 Å². The van der Waals surface area contributed by atoms with Crippen LogP contribution in [0.5, 0.6) is 5.75 Å². The lowest BCUT2D eigenvalue weighted by Gasteiger charge is -2.13. The van der Waals surface area contributed by atoms with E-state index >= 15 is 0 Å². The highest BCUT2D eigenvalue weighted by atomic mass is 79.9. The van der Waals surface area contributed by atoms with Gasteiger partial charge in [0.1, 0.15) is 6.61 Å². The third-order valence-electron chi connectivity index (χ3n) is 4.94. The van der Waals surface area contributed by atoms with Crippen molar-refractivity contribution >= 4 is 57.0 Å². The smallest absolute Gasteiger partial charge is 0.260 e. The summed E-state index contributed by atoms with van der Waals surface area (Å²) in [7, 11) is 0. The molecule has 32 heavy (non-hydrogen) atoms. The predicted octanol–water partition coefficient (Wildman–Crippen LogP) is 6.84. The Labute approximate surface area is 205 Å². The molecule has 0 spiro atoms. The highest BCUT2D eigenvalue weighted by Crippen LogP contribution is 2.37. The first-order valence-electron chi connectivity index (χ1n) is 10.2. The van der Waals surface area contributed by atoms with E-state index in [4.69, 9.17) is 16.3 Å². The number of thioether (sulfide) groups is 1. The zero-order valence-electron chi connectivity index (χ0n) is 17.4. The number of benzene rings is 3. The van der Waals surface area contributed by atoms with Gasteiger partial charge in [0.15, 0.2) is 11.2 Å². The van der Waals surface area contributed by atoms with Crippen molar-refractivity contribution < 1.29 is 9.53 Å². The van der Waals surface area contributed by atoms with Gasteiger partial charge in [-0.2, -0.15) is 0 Å². The zero-order valence-corrected chi connectivity index (χ0v) is 20.6. The molecule has 1 heterocycles. The van der Waals surface area contributed by atoms with Crippen LogP contribution < -0.4 is 15.4 Å². The highest BCUT2D eigenvalue weighted by Gasteiger charge is 2.27. The van der Waals surface area contributed by atoms with Gasteiger partial charge in [0.2, 0.25) is 0 Å². The second-order valence-corrected chi connectivity index (χ2v) is 9.67. The lowest BCUT2D eigenvalue weighted by Crippen LogP contribution is -2.30. The molecule has 1 aliphatic rings. The normalized spacial score (nSPS) is 16.8. The molecule has 4 rings (SSSR count). The summed E-state index contributed by atoms with van der Waals surface area (Å²) in [4.78, 5) is 13.1. The SMILES string of the molecule is CCc1ccc(N[C@H]2NC(=O)/C(=C/c3cc(Cl)c(OCc4ccccc4)c(Br)c3)S2)cc1. The zero-order chi connectivity index (χ0) is 22.5. The molecule has 0 aromatic heterocycles. The Hall–Kier alpha value is -2.41. The van der Waals surface area contributed by atoms with Crippen LogP contribution in [0, 0.1) is 0 Å². The van der Waals surface area contributed by atoms with Gasteiger partial charge in [-0.25, -0.2) is 0 Å². The summed E-state index contributed by atoms with van der Waals surface area (Å²) in [6.45, 7) is 2.55. The molecule has 1 saturated heterocycles. The van der Waals surface area contributed by atoms with E-state index in [0.29, 0.717) is 22.3 Å². The third kappa shape index (κ3) is 5.68. The molecule has 0 aliphatic carbocycles. The van der Waals surface area contributed by atoms with Crippen LogP contribution in [0.25, 0.3) is 6.08 Å². The number of anilines is 1. The number of rotatable bonds is 7. The van der Waals surface area contributed by atoms with Crippen LogP contribution in [0.15, 0.2) is 76.1 Å². The van der Waals surface area contributed by atoms with Gasteiger partial charge >= 0.3 is 0 Å². The Morgan fingerprint density at radius 2 is 1.88 bits per heavy atom. The molecule has 2 N–H and O–H groups in total. The van der Waals surface area contributed by atoms with Crippen molar-refractivity contribution in [2.24, 2.45) is 0 Å². The third-order valence-corrected chi connectivity index (χ3v) is 6.83. The molecule has 3 aromatic rings. The number of aryl methyl sites for hydroxylation is 1. The molecule has 1 amide bonds. The van der Waals surface area contributed by atoms with Crippen LogP contribution in [0.2, 0.25) is 5.02 Å². The van der Waals surface area contributed by atoms with E-state index in [9.17, 15) is 4.79 Å². The van der Waals surface area contributed by atoms with Crippen LogP contribution in [-0.4, -0.2) is 11.4 Å². The van der Waals surface area contributed by atoms with Crippen molar-refractivity contribution in [3.63, 3.8) is 0 Å². The highest BCUT2D eigenvalue weighted by molar-refractivity contribution is 9.10. The number of carbonyl (C=O) groups excluding carboxylic acids is 1. The van der Waals surface area contributed by atoms with Crippen molar-refractivity contribution in [2.45, 2.75) is 25.4 Å². The summed E-state index contributed by atoms with van der Waals surface area (Å²) in [6, 6.07) is 21.8. The number of nitrogens with one attached hydrogen (secondary N) is 2. The van der Waals surface area contributed by atoms with Crippen LogP contribution in [0.3, 0.4) is 0 Å². The van der Waals surface area contributed by atoms with E-state index < -0.39 is 0 Å². The largest absolute Gasteiger partial charge is 0.486 e. The van der Waals surface area contributed by atoms with Gasteiger partial charge in [0.05, 0.1) is 14.4 Å². The first-order chi connectivity index (χ1) is 15.5. The maximum atomic E-state index is 12.5. The van der Waals surface area contributed by atoms with Gasteiger partial charge in [-0.3, -0.25) is 4.79 Å². The summed E-state index contributed by atoms with van der Waals surface area (Å²) in [6.07, 6.45) is 2.83. The number of hydrogen-bond donors (Lipinski definition) is 2. The fraction of sp³-hybridized carbons (Fsp3) is 0.160. The molecule has 1 atom stereocenters. The molecule has 0 unspecified atom stereocenters. The lowest BCUT2D eigenvalue weighted by molar-refractivity contribution is -0.116. The molecule has 0 saturated carbocycles. The fourth-order valence-corrected chi connectivity index (χ4v) is 5.21.